The molecule has 1 aromatic rings. The number of halogens is 3. The molecule has 1 heterocycles. The molecule has 0 spiro atoms. The third-order valence-electron chi connectivity index (χ3n) is 3.17. The lowest BCUT2D eigenvalue weighted by molar-refractivity contribution is -0.141. The molecular weight excluding hydrogens is 233 g/mol. The van der Waals surface area contributed by atoms with Crippen LogP contribution in [0.15, 0.2) is 12.3 Å². The van der Waals surface area contributed by atoms with Crippen LogP contribution >= 0.6 is 0 Å². The minimum Gasteiger partial charge on any atom is -0.388 e. The first-order chi connectivity index (χ1) is 7.89. The average Bonchev–Trinajstić information content (AvgIpc) is 2.66. The second-order valence-electron chi connectivity index (χ2n) is 4.68. The van der Waals surface area contributed by atoms with Gasteiger partial charge in [-0.05, 0) is 18.9 Å². The van der Waals surface area contributed by atoms with Crippen LogP contribution in [0, 0.1) is 0 Å². The first-order valence-corrected chi connectivity index (χ1v) is 5.72. The first kappa shape index (κ1) is 12.4. The molecule has 0 atom stereocenters. The Balaban J connectivity index is 2.06. The minimum absolute atomic E-state index is 0.142. The van der Waals surface area contributed by atoms with Crippen LogP contribution in [0.1, 0.15) is 37.8 Å². The highest BCUT2D eigenvalue weighted by atomic mass is 19.4. The van der Waals surface area contributed by atoms with Crippen molar-refractivity contribution in [3.63, 3.8) is 0 Å². The summed E-state index contributed by atoms with van der Waals surface area (Å²) in [6, 6.07) is 0.937. The SMILES string of the molecule is OC1(Cn2ccc(C(F)(F)F)n2)CCCCC1. The summed E-state index contributed by atoms with van der Waals surface area (Å²) in [6.45, 7) is 0.142. The lowest BCUT2D eigenvalue weighted by atomic mass is 9.85. The number of hydrogen-bond donors (Lipinski definition) is 1. The van der Waals surface area contributed by atoms with Crippen LogP contribution in [0.4, 0.5) is 13.2 Å². The Morgan fingerprint density at radius 1 is 1.29 bits per heavy atom. The zero-order chi connectivity index (χ0) is 12.5. The zero-order valence-corrected chi connectivity index (χ0v) is 9.37. The van der Waals surface area contributed by atoms with Crippen molar-refractivity contribution in [1.82, 2.24) is 9.78 Å². The van der Waals surface area contributed by atoms with Crippen LogP contribution in [0.25, 0.3) is 0 Å². The molecule has 0 aliphatic heterocycles. The van der Waals surface area contributed by atoms with E-state index in [1.165, 1.54) is 10.9 Å². The monoisotopic (exact) mass is 248 g/mol. The van der Waals surface area contributed by atoms with Crippen molar-refractivity contribution in [2.24, 2.45) is 0 Å². The predicted molar refractivity (Wildman–Crippen MR) is 55.3 cm³/mol. The van der Waals surface area contributed by atoms with Crippen molar-refractivity contribution in [2.45, 2.75) is 50.4 Å². The van der Waals surface area contributed by atoms with Gasteiger partial charge >= 0.3 is 6.18 Å². The van der Waals surface area contributed by atoms with Gasteiger partial charge in [-0.25, -0.2) is 0 Å². The topological polar surface area (TPSA) is 38.0 Å². The van der Waals surface area contributed by atoms with Crippen molar-refractivity contribution >= 4 is 0 Å². The Bertz CT molecular complexity index is 380. The lowest BCUT2D eigenvalue weighted by Crippen LogP contribution is -2.36. The van der Waals surface area contributed by atoms with Crippen LogP contribution < -0.4 is 0 Å². The van der Waals surface area contributed by atoms with Crippen LogP contribution in [0.2, 0.25) is 0 Å². The maximum absolute atomic E-state index is 12.3. The fourth-order valence-corrected chi connectivity index (χ4v) is 2.27. The molecule has 1 aliphatic carbocycles. The van der Waals surface area contributed by atoms with Crippen molar-refractivity contribution in [3.05, 3.63) is 18.0 Å². The molecule has 0 saturated heterocycles. The van der Waals surface area contributed by atoms with Crippen molar-refractivity contribution < 1.29 is 18.3 Å². The average molecular weight is 248 g/mol. The predicted octanol–water partition coefficient (Wildman–Crippen LogP) is 2.60. The van der Waals surface area contributed by atoms with Gasteiger partial charge in [-0.1, -0.05) is 19.3 Å². The molecule has 0 unspecified atom stereocenters. The quantitative estimate of drug-likeness (QED) is 0.873. The third kappa shape index (κ3) is 3.00. The molecule has 1 aliphatic rings. The van der Waals surface area contributed by atoms with E-state index in [0.717, 1.165) is 25.3 Å². The number of hydrogen-bond acceptors (Lipinski definition) is 2. The van der Waals surface area contributed by atoms with Gasteiger partial charge in [-0.3, -0.25) is 4.68 Å². The summed E-state index contributed by atoms with van der Waals surface area (Å²) in [5.41, 5.74) is -1.80. The Morgan fingerprint density at radius 3 is 2.47 bits per heavy atom. The molecule has 17 heavy (non-hydrogen) atoms. The number of alkyl halides is 3. The van der Waals surface area contributed by atoms with Gasteiger partial charge in [-0.2, -0.15) is 18.3 Å². The van der Waals surface area contributed by atoms with Crippen LogP contribution in [0.5, 0.6) is 0 Å². The molecular formula is C11H15F3N2O. The maximum Gasteiger partial charge on any atom is 0.435 e. The van der Waals surface area contributed by atoms with E-state index in [-0.39, 0.29) is 6.54 Å². The van der Waals surface area contributed by atoms with Gasteiger partial charge in [0.2, 0.25) is 0 Å². The molecule has 6 heteroatoms. The minimum atomic E-state index is -4.42. The first-order valence-electron chi connectivity index (χ1n) is 5.72. The Morgan fingerprint density at radius 2 is 1.94 bits per heavy atom. The molecule has 1 N–H and O–H groups in total. The Hall–Kier alpha value is -1.04. The summed E-state index contributed by atoms with van der Waals surface area (Å²) in [4.78, 5) is 0. The number of rotatable bonds is 2. The van der Waals surface area contributed by atoms with E-state index in [2.05, 4.69) is 5.10 Å². The van der Waals surface area contributed by atoms with E-state index in [0.29, 0.717) is 12.8 Å². The second kappa shape index (κ2) is 4.33. The summed E-state index contributed by atoms with van der Waals surface area (Å²) in [5.74, 6) is 0. The molecule has 96 valence electrons. The lowest BCUT2D eigenvalue weighted by Gasteiger charge is -2.31. The van der Waals surface area contributed by atoms with E-state index >= 15 is 0 Å². The van der Waals surface area contributed by atoms with Gasteiger partial charge in [0, 0.05) is 6.20 Å². The normalized spacial score (nSPS) is 20.5. The summed E-state index contributed by atoms with van der Waals surface area (Å²) >= 11 is 0. The summed E-state index contributed by atoms with van der Waals surface area (Å²) in [7, 11) is 0. The van der Waals surface area contributed by atoms with Gasteiger partial charge in [0.25, 0.3) is 0 Å². The van der Waals surface area contributed by atoms with Crippen LogP contribution in [-0.2, 0) is 12.7 Å². The summed E-state index contributed by atoms with van der Waals surface area (Å²) < 4.78 is 38.2. The third-order valence-corrected chi connectivity index (χ3v) is 3.17. The highest BCUT2D eigenvalue weighted by molar-refractivity contribution is 5.03. The van der Waals surface area contributed by atoms with Gasteiger partial charge in [-0.15, -0.1) is 0 Å². The van der Waals surface area contributed by atoms with Gasteiger partial charge in [0.1, 0.15) is 0 Å². The Kier molecular flexibility index (Phi) is 3.16. The molecule has 2 rings (SSSR count). The van der Waals surface area contributed by atoms with Gasteiger partial charge in [0.15, 0.2) is 5.69 Å². The van der Waals surface area contributed by atoms with E-state index in [9.17, 15) is 18.3 Å². The van der Waals surface area contributed by atoms with Crippen LogP contribution in [0.3, 0.4) is 0 Å². The Labute approximate surface area is 97.2 Å². The highest BCUT2D eigenvalue weighted by Crippen LogP contribution is 2.31. The fourth-order valence-electron chi connectivity index (χ4n) is 2.27. The smallest absolute Gasteiger partial charge is 0.388 e. The molecule has 0 radical (unpaired) electrons. The number of aromatic nitrogens is 2. The van der Waals surface area contributed by atoms with Crippen LogP contribution in [-0.4, -0.2) is 20.5 Å². The molecule has 0 bridgehead atoms. The van der Waals surface area contributed by atoms with Gasteiger partial charge < -0.3 is 5.11 Å². The van der Waals surface area contributed by atoms with E-state index in [1.807, 2.05) is 0 Å². The molecule has 1 aromatic heterocycles. The fraction of sp³-hybridized carbons (Fsp3) is 0.727. The molecule has 3 nitrogen and oxygen atoms in total. The highest BCUT2D eigenvalue weighted by Gasteiger charge is 2.35. The molecule has 1 fully saturated rings. The molecule has 1 saturated carbocycles. The maximum atomic E-state index is 12.3. The van der Waals surface area contributed by atoms with Gasteiger partial charge in [0.05, 0.1) is 12.1 Å². The molecule has 0 aromatic carbocycles. The van der Waals surface area contributed by atoms with E-state index < -0.39 is 17.5 Å². The second-order valence-corrected chi connectivity index (χ2v) is 4.68. The summed E-state index contributed by atoms with van der Waals surface area (Å²) in [5, 5.41) is 13.6. The zero-order valence-electron chi connectivity index (χ0n) is 9.37. The van der Waals surface area contributed by atoms with Crippen molar-refractivity contribution in [3.8, 4) is 0 Å². The van der Waals surface area contributed by atoms with E-state index in [1.54, 1.807) is 0 Å². The van der Waals surface area contributed by atoms with Crippen molar-refractivity contribution in [1.29, 1.82) is 0 Å². The molecule has 0 amide bonds. The van der Waals surface area contributed by atoms with Crippen molar-refractivity contribution in [2.75, 3.05) is 0 Å². The standard InChI is InChI=1S/C11H15F3N2O/c12-11(13,14)9-4-7-16(15-9)8-10(17)5-2-1-3-6-10/h4,7,17H,1-3,5-6,8H2. The largest absolute Gasteiger partial charge is 0.435 e. The number of aliphatic hydroxyl groups is 1. The summed E-state index contributed by atoms with van der Waals surface area (Å²) in [6.07, 6.45) is 1.04. The van der Waals surface area contributed by atoms with E-state index in [4.69, 9.17) is 0 Å². The number of nitrogens with zero attached hydrogens (tertiary/aromatic N) is 2.